The number of anilines is 1. The first-order chi connectivity index (χ1) is 10.0. The molecular weight excluding hydrogens is 282 g/mol. The van der Waals surface area contributed by atoms with E-state index in [0.29, 0.717) is 10.6 Å². The van der Waals surface area contributed by atoms with Crippen LogP contribution in [0.5, 0.6) is 0 Å². The van der Waals surface area contributed by atoms with Crippen molar-refractivity contribution in [1.29, 1.82) is 0 Å². The highest BCUT2D eigenvalue weighted by Crippen LogP contribution is 2.44. The van der Waals surface area contributed by atoms with Crippen molar-refractivity contribution in [3.8, 4) is 10.4 Å². The number of carbonyl (C=O) groups excluding carboxylic acids is 1. The van der Waals surface area contributed by atoms with Gasteiger partial charge >= 0.3 is 5.97 Å². The number of carbonyl (C=O) groups is 1. The van der Waals surface area contributed by atoms with Crippen molar-refractivity contribution in [2.24, 2.45) is 0 Å². The van der Waals surface area contributed by atoms with E-state index < -0.39 is 0 Å². The molecule has 0 atom stereocenters. The Hall–Kier alpha value is -1.81. The Morgan fingerprint density at radius 1 is 1.33 bits per heavy atom. The molecule has 0 saturated carbocycles. The third-order valence-corrected chi connectivity index (χ3v) is 4.81. The van der Waals surface area contributed by atoms with Gasteiger partial charge in [0.05, 0.1) is 12.8 Å². The van der Waals surface area contributed by atoms with Crippen LogP contribution in [0.2, 0.25) is 0 Å². The van der Waals surface area contributed by atoms with E-state index in [0.717, 1.165) is 22.4 Å². The molecular formula is C17H21NO2S. The van der Waals surface area contributed by atoms with E-state index in [-0.39, 0.29) is 11.9 Å². The van der Waals surface area contributed by atoms with Crippen LogP contribution in [0.4, 0.5) is 5.69 Å². The van der Waals surface area contributed by atoms with E-state index in [1.807, 2.05) is 12.1 Å². The van der Waals surface area contributed by atoms with Crippen molar-refractivity contribution >= 4 is 23.0 Å². The molecule has 2 aromatic rings. The number of hydrogen-bond acceptors (Lipinski definition) is 4. The quantitative estimate of drug-likeness (QED) is 0.848. The number of aryl methyl sites for hydroxylation is 1. The van der Waals surface area contributed by atoms with Gasteiger partial charge in [0.2, 0.25) is 0 Å². The summed E-state index contributed by atoms with van der Waals surface area (Å²) in [5, 5.41) is 0. The fourth-order valence-corrected chi connectivity index (χ4v) is 3.88. The molecule has 3 nitrogen and oxygen atoms in total. The van der Waals surface area contributed by atoms with Crippen LogP contribution in [0.25, 0.3) is 10.4 Å². The molecule has 0 amide bonds. The Balaban J connectivity index is 2.70. The molecule has 4 heteroatoms. The van der Waals surface area contributed by atoms with Gasteiger partial charge in [0.1, 0.15) is 4.88 Å². The molecule has 0 fully saturated rings. The fraction of sp³-hybridized carbons (Fsp3) is 0.353. The van der Waals surface area contributed by atoms with Crippen molar-refractivity contribution in [1.82, 2.24) is 0 Å². The summed E-state index contributed by atoms with van der Waals surface area (Å²) in [6, 6.07) is 8.27. The molecule has 112 valence electrons. The predicted octanol–water partition coefficient (Wildman–Crippen LogP) is 4.47. The number of methoxy groups -OCH3 is 1. The molecule has 2 rings (SSSR count). The van der Waals surface area contributed by atoms with E-state index in [4.69, 9.17) is 10.5 Å². The summed E-state index contributed by atoms with van der Waals surface area (Å²) in [5.41, 5.74) is 10.2. The van der Waals surface area contributed by atoms with Crippen LogP contribution in [0, 0.1) is 0 Å². The van der Waals surface area contributed by atoms with Gasteiger partial charge in [0.25, 0.3) is 0 Å². The van der Waals surface area contributed by atoms with E-state index in [1.54, 1.807) is 0 Å². The van der Waals surface area contributed by atoms with Gasteiger partial charge in [-0.25, -0.2) is 4.79 Å². The minimum atomic E-state index is -0.361. The number of ether oxygens (including phenoxy) is 1. The molecule has 1 heterocycles. The third kappa shape index (κ3) is 2.81. The Bertz CT molecular complexity index is 659. The summed E-state index contributed by atoms with van der Waals surface area (Å²) in [6.45, 7) is 6.32. The molecule has 0 saturated heterocycles. The van der Waals surface area contributed by atoms with Crippen LogP contribution >= 0.6 is 11.3 Å². The maximum absolute atomic E-state index is 11.9. The maximum atomic E-state index is 11.9. The van der Waals surface area contributed by atoms with Crippen LogP contribution in [-0.2, 0) is 11.2 Å². The van der Waals surface area contributed by atoms with Crippen molar-refractivity contribution in [3.05, 3.63) is 40.3 Å². The fourth-order valence-electron chi connectivity index (χ4n) is 2.52. The normalized spacial score (nSPS) is 10.9. The summed E-state index contributed by atoms with van der Waals surface area (Å²) in [7, 11) is 1.39. The summed E-state index contributed by atoms with van der Waals surface area (Å²) >= 11 is 1.43. The first kappa shape index (κ1) is 15.6. The highest BCUT2D eigenvalue weighted by atomic mass is 32.1. The largest absolute Gasteiger partial charge is 0.465 e. The second-order valence-corrected chi connectivity index (χ2v) is 6.27. The van der Waals surface area contributed by atoms with Crippen LogP contribution < -0.4 is 5.73 Å². The third-order valence-electron chi connectivity index (χ3n) is 3.57. The van der Waals surface area contributed by atoms with Crippen molar-refractivity contribution in [2.75, 3.05) is 12.8 Å². The van der Waals surface area contributed by atoms with E-state index in [1.165, 1.54) is 24.0 Å². The highest BCUT2D eigenvalue weighted by molar-refractivity contribution is 7.18. The molecule has 0 radical (unpaired) electrons. The molecule has 1 aromatic heterocycles. The molecule has 1 aromatic carbocycles. The predicted molar refractivity (Wildman–Crippen MR) is 89.0 cm³/mol. The molecule has 21 heavy (non-hydrogen) atoms. The van der Waals surface area contributed by atoms with Crippen molar-refractivity contribution in [2.45, 2.75) is 33.1 Å². The van der Waals surface area contributed by atoms with Crippen LogP contribution in [-0.4, -0.2) is 13.1 Å². The van der Waals surface area contributed by atoms with E-state index >= 15 is 0 Å². The number of hydrogen-bond donors (Lipinski definition) is 1. The minimum Gasteiger partial charge on any atom is -0.465 e. The van der Waals surface area contributed by atoms with Gasteiger partial charge in [0.15, 0.2) is 0 Å². The van der Waals surface area contributed by atoms with Gasteiger partial charge in [-0.15, -0.1) is 11.3 Å². The zero-order valence-corrected chi connectivity index (χ0v) is 13.7. The number of benzene rings is 1. The molecule has 0 bridgehead atoms. The Labute approximate surface area is 129 Å². The lowest BCUT2D eigenvalue weighted by Crippen LogP contribution is -2.03. The van der Waals surface area contributed by atoms with Gasteiger partial charge in [0, 0.05) is 4.88 Å². The van der Waals surface area contributed by atoms with Crippen molar-refractivity contribution < 1.29 is 9.53 Å². The zero-order valence-electron chi connectivity index (χ0n) is 12.9. The van der Waals surface area contributed by atoms with Gasteiger partial charge in [-0.1, -0.05) is 45.0 Å². The standard InChI is InChI=1S/C17H21NO2S/c1-5-11-8-6-7-9-12(11)15-13(10(2)3)14(18)16(21-15)17(19)20-4/h6-10H,5,18H2,1-4H3. The summed E-state index contributed by atoms with van der Waals surface area (Å²) in [4.78, 5) is 13.5. The molecule has 0 aliphatic heterocycles. The monoisotopic (exact) mass is 303 g/mol. The van der Waals surface area contributed by atoms with Crippen molar-refractivity contribution in [3.63, 3.8) is 0 Å². The Kier molecular flexibility index (Phi) is 4.68. The van der Waals surface area contributed by atoms with E-state index in [9.17, 15) is 4.79 Å². The molecule has 2 N–H and O–H groups in total. The average molecular weight is 303 g/mol. The maximum Gasteiger partial charge on any atom is 0.350 e. The number of esters is 1. The topological polar surface area (TPSA) is 52.3 Å². The lowest BCUT2D eigenvalue weighted by atomic mass is 9.95. The first-order valence-corrected chi connectivity index (χ1v) is 7.91. The number of nitrogen functional groups attached to an aromatic ring is 1. The lowest BCUT2D eigenvalue weighted by molar-refractivity contribution is 0.0607. The van der Waals surface area contributed by atoms with E-state index in [2.05, 4.69) is 32.9 Å². The van der Waals surface area contributed by atoms with Crippen LogP contribution in [0.1, 0.15) is 47.5 Å². The minimum absolute atomic E-state index is 0.250. The van der Waals surface area contributed by atoms with Crippen LogP contribution in [0.3, 0.4) is 0 Å². The number of rotatable bonds is 4. The second-order valence-electron chi connectivity index (χ2n) is 5.24. The lowest BCUT2D eigenvalue weighted by Gasteiger charge is -2.11. The summed E-state index contributed by atoms with van der Waals surface area (Å²) in [6.07, 6.45) is 0.944. The second kappa shape index (κ2) is 6.31. The summed E-state index contributed by atoms with van der Waals surface area (Å²) < 4.78 is 4.85. The average Bonchev–Trinajstić information content (AvgIpc) is 2.83. The van der Waals surface area contributed by atoms with Crippen LogP contribution in [0.15, 0.2) is 24.3 Å². The van der Waals surface area contributed by atoms with Gasteiger partial charge < -0.3 is 10.5 Å². The molecule has 0 spiro atoms. The SMILES string of the molecule is CCc1ccccc1-c1sc(C(=O)OC)c(N)c1C(C)C. The summed E-state index contributed by atoms with van der Waals surface area (Å²) in [5.74, 6) is -0.112. The molecule has 0 unspecified atom stereocenters. The van der Waals surface area contributed by atoms with Gasteiger partial charge in [-0.2, -0.15) is 0 Å². The first-order valence-electron chi connectivity index (χ1n) is 7.09. The Morgan fingerprint density at radius 3 is 2.57 bits per heavy atom. The molecule has 0 aliphatic carbocycles. The van der Waals surface area contributed by atoms with Gasteiger partial charge in [-0.05, 0) is 29.0 Å². The smallest absolute Gasteiger partial charge is 0.350 e. The zero-order chi connectivity index (χ0) is 15.6. The van der Waals surface area contributed by atoms with Gasteiger partial charge in [-0.3, -0.25) is 0 Å². The molecule has 0 aliphatic rings. The highest BCUT2D eigenvalue weighted by Gasteiger charge is 2.24. The number of nitrogens with two attached hydrogens (primary N) is 1. The number of thiophene rings is 1. The Morgan fingerprint density at radius 2 is 2.00 bits per heavy atom.